The van der Waals surface area contributed by atoms with Crippen LogP contribution in [0.2, 0.25) is 5.15 Å². The average molecular weight is 317 g/mol. The second kappa shape index (κ2) is 7.86. The maximum Gasteiger partial charge on any atom is 0.408 e. The number of halogens is 1. The van der Waals surface area contributed by atoms with Crippen molar-refractivity contribution in [2.75, 3.05) is 12.3 Å². The molecule has 2 aromatic rings. The molecule has 0 atom stereocenters. The molecule has 0 fully saturated rings. The van der Waals surface area contributed by atoms with E-state index in [0.717, 1.165) is 5.56 Å². The normalized spacial score (nSPS) is 9.50. The van der Waals surface area contributed by atoms with Crippen LogP contribution in [-0.2, 0) is 11.3 Å². The molecule has 0 radical (unpaired) electrons. The maximum absolute atomic E-state index is 11.5. The Morgan fingerprint density at radius 1 is 1.36 bits per heavy atom. The van der Waals surface area contributed by atoms with Gasteiger partial charge in [0, 0.05) is 0 Å². The lowest BCUT2D eigenvalue weighted by atomic mass is 10.2. The van der Waals surface area contributed by atoms with E-state index in [-0.39, 0.29) is 24.1 Å². The van der Waals surface area contributed by atoms with Gasteiger partial charge in [-0.3, -0.25) is 0 Å². The first-order chi connectivity index (χ1) is 10.6. The SMILES string of the molecule is Nc1ncc(C#CCNC(=O)OCc2ccccc2)nc1Cl. The van der Waals surface area contributed by atoms with E-state index in [9.17, 15) is 4.79 Å². The van der Waals surface area contributed by atoms with Gasteiger partial charge in [0.15, 0.2) is 11.0 Å². The van der Waals surface area contributed by atoms with Crippen LogP contribution in [0, 0.1) is 11.8 Å². The molecule has 0 aliphatic carbocycles. The smallest absolute Gasteiger partial charge is 0.408 e. The highest BCUT2D eigenvalue weighted by molar-refractivity contribution is 6.31. The van der Waals surface area contributed by atoms with Crippen LogP contribution in [0.25, 0.3) is 0 Å². The first-order valence-electron chi connectivity index (χ1n) is 6.36. The summed E-state index contributed by atoms with van der Waals surface area (Å²) >= 11 is 5.72. The predicted molar refractivity (Wildman–Crippen MR) is 83.0 cm³/mol. The lowest BCUT2D eigenvalue weighted by Gasteiger charge is -2.04. The molecule has 0 bridgehead atoms. The Bertz CT molecular complexity index is 710. The maximum atomic E-state index is 11.5. The minimum atomic E-state index is -0.542. The summed E-state index contributed by atoms with van der Waals surface area (Å²) in [6.45, 7) is 0.330. The van der Waals surface area contributed by atoms with E-state index in [4.69, 9.17) is 22.1 Å². The van der Waals surface area contributed by atoms with Crippen LogP contribution in [0.3, 0.4) is 0 Å². The van der Waals surface area contributed by atoms with E-state index < -0.39 is 6.09 Å². The van der Waals surface area contributed by atoms with Gasteiger partial charge in [0.2, 0.25) is 0 Å². The second-order valence-corrected chi connectivity index (χ2v) is 4.51. The number of benzene rings is 1. The van der Waals surface area contributed by atoms with Crippen molar-refractivity contribution in [1.29, 1.82) is 0 Å². The molecule has 2 rings (SSSR count). The summed E-state index contributed by atoms with van der Waals surface area (Å²) in [4.78, 5) is 19.2. The lowest BCUT2D eigenvalue weighted by molar-refractivity contribution is 0.141. The fourth-order valence-corrected chi connectivity index (χ4v) is 1.60. The van der Waals surface area contributed by atoms with E-state index in [1.165, 1.54) is 6.20 Å². The fraction of sp³-hybridized carbons (Fsp3) is 0.133. The van der Waals surface area contributed by atoms with Crippen LogP contribution in [0.5, 0.6) is 0 Å². The number of nitrogens with one attached hydrogen (secondary N) is 1. The van der Waals surface area contributed by atoms with Crippen LogP contribution in [0.4, 0.5) is 10.6 Å². The van der Waals surface area contributed by atoms with E-state index in [1.807, 2.05) is 30.3 Å². The van der Waals surface area contributed by atoms with Gasteiger partial charge in [0.1, 0.15) is 12.3 Å². The van der Waals surface area contributed by atoms with Crippen molar-refractivity contribution in [3.8, 4) is 11.8 Å². The third-order valence-corrected chi connectivity index (χ3v) is 2.78. The monoisotopic (exact) mass is 316 g/mol. The Morgan fingerprint density at radius 3 is 2.86 bits per heavy atom. The largest absolute Gasteiger partial charge is 0.445 e. The Kier molecular flexibility index (Phi) is 5.57. The molecule has 1 heterocycles. The number of carbonyl (C=O) groups excluding carboxylic acids is 1. The van der Waals surface area contributed by atoms with Gasteiger partial charge in [-0.05, 0) is 11.5 Å². The molecule has 3 N–H and O–H groups in total. The molecule has 7 heteroatoms. The highest BCUT2D eigenvalue weighted by Gasteiger charge is 2.01. The summed E-state index contributed by atoms with van der Waals surface area (Å²) in [6.07, 6.45) is 0.863. The van der Waals surface area contributed by atoms with Gasteiger partial charge in [0.05, 0.1) is 12.7 Å². The van der Waals surface area contributed by atoms with E-state index >= 15 is 0 Å². The van der Waals surface area contributed by atoms with Crippen molar-refractivity contribution in [2.24, 2.45) is 0 Å². The van der Waals surface area contributed by atoms with E-state index in [0.29, 0.717) is 5.69 Å². The number of carbonyl (C=O) groups is 1. The predicted octanol–water partition coefficient (Wildman–Crippen LogP) is 1.99. The van der Waals surface area contributed by atoms with Crippen LogP contribution in [0.1, 0.15) is 11.3 Å². The Labute approximate surface area is 132 Å². The Balaban J connectivity index is 1.75. The molecule has 6 nitrogen and oxygen atoms in total. The van der Waals surface area contributed by atoms with Crippen LogP contribution >= 0.6 is 11.6 Å². The fourth-order valence-electron chi connectivity index (χ4n) is 1.46. The molecule has 0 unspecified atom stereocenters. The molecule has 1 aromatic carbocycles. The third-order valence-electron chi connectivity index (χ3n) is 2.51. The highest BCUT2D eigenvalue weighted by atomic mass is 35.5. The molecule has 112 valence electrons. The summed E-state index contributed by atoms with van der Waals surface area (Å²) in [5.41, 5.74) is 6.72. The quantitative estimate of drug-likeness (QED) is 0.845. The summed E-state index contributed by atoms with van der Waals surface area (Å²) in [6, 6.07) is 9.39. The number of nitrogen functional groups attached to an aromatic ring is 1. The standard InChI is InChI=1S/C15H13ClN4O2/c16-13-14(17)19-9-12(20-13)7-4-8-18-15(21)22-10-11-5-2-1-3-6-11/h1-3,5-6,9H,8,10H2,(H2,17,19)(H,18,21). The van der Waals surface area contributed by atoms with Gasteiger partial charge in [-0.2, -0.15) is 0 Å². The zero-order chi connectivity index (χ0) is 15.8. The summed E-state index contributed by atoms with van der Waals surface area (Å²) < 4.78 is 5.03. The van der Waals surface area contributed by atoms with Gasteiger partial charge in [-0.15, -0.1) is 0 Å². The summed E-state index contributed by atoms with van der Waals surface area (Å²) in [5.74, 6) is 5.57. The van der Waals surface area contributed by atoms with Crippen molar-refractivity contribution < 1.29 is 9.53 Å². The second-order valence-electron chi connectivity index (χ2n) is 4.15. The van der Waals surface area contributed by atoms with Gasteiger partial charge >= 0.3 is 6.09 Å². The van der Waals surface area contributed by atoms with Gasteiger partial charge < -0.3 is 15.8 Å². The van der Waals surface area contributed by atoms with Crippen molar-refractivity contribution in [2.45, 2.75) is 6.61 Å². The van der Waals surface area contributed by atoms with Gasteiger partial charge in [0.25, 0.3) is 0 Å². The average Bonchev–Trinajstić information content (AvgIpc) is 2.54. The van der Waals surface area contributed by atoms with E-state index in [1.54, 1.807) is 0 Å². The van der Waals surface area contributed by atoms with Crippen LogP contribution in [-0.4, -0.2) is 22.6 Å². The molecule has 1 aromatic heterocycles. The number of hydrogen-bond acceptors (Lipinski definition) is 5. The third kappa shape index (κ3) is 4.96. The Morgan fingerprint density at radius 2 is 2.14 bits per heavy atom. The van der Waals surface area contributed by atoms with Crippen LogP contribution in [0.15, 0.2) is 36.5 Å². The number of ether oxygens (including phenoxy) is 1. The van der Waals surface area contributed by atoms with Crippen molar-refractivity contribution in [3.63, 3.8) is 0 Å². The number of aromatic nitrogens is 2. The summed E-state index contributed by atoms with van der Waals surface area (Å²) in [7, 11) is 0. The lowest BCUT2D eigenvalue weighted by Crippen LogP contribution is -2.24. The minimum Gasteiger partial charge on any atom is -0.445 e. The number of alkyl carbamates (subject to hydrolysis) is 1. The van der Waals surface area contributed by atoms with Gasteiger partial charge in [-0.1, -0.05) is 47.9 Å². The molecule has 22 heavy (non-hydrogen) atoms. The number of rotatable bonds is 3. The Hall–Kier alpha value is -2.78. The number of anilines is 1. The summed E-state index contributed by atoms with van der Waals surface area (Å²) in [5, 5.41) is 2.61. The first kappa shape index (κ1) is 15.6. The van der Waals surface area contributed by atoms with Crippen molar-refractivity contribution in [1.82, 2.24) is 15.3 Å². The van der Waals surface area contributed by atoms with Crippen molar-refractivity contribution in [3.05, 3.63) is 52.9 Å². The first-order valence-corrected chi connectivity index (χ1v) is 6.74. The number of nitrogens with two attached hydrogens (primary N) is 1. The number of nitrogens with zero attached hydrogens (tertiary/aromatic N) is 2. The molecule has 1 amide bonds. The highest BCUT2D eigenvalue weighted by Crippen LogP contribution is 2.11. The zero-order valence-electron chi connectivity index (χ0n) is 11.5. The van der Waals surface area contributed by atoms with Crippen LogP contribution < -0.4 is 11.1 Å². The molecular weight excluding hydrogens is 304 g/mol. The van der Waals surface area contributed by atoms with E-state index in [2.05, 4.69) is 27.1 Å². The number of amides is 1. The molecule has 0 saturated carbocycles. The number of hydrogen-bond donors (Lipinski definition) is 2. The molecule has 0 aliphatic rings. The molecule has 0 spiro atoms. The van der Waals surface area contributed by atoms with Gasteiger partial charge in [-0.25, -0.2) is 14.8 Å². The van der Waals surface area contributed by atoms with Crippen molar-refractivity contribution >= 4 is 23.5 Å². The molecule has 0 aliphatic heterocycles. The minimum absolute atomic E-state index is 0.0991. The zero-order valence-corrected chi connectivity index (χ0v) is 12.3. The topological polar surface area (TPSA) is 90.1 Å². The molecular formula is C15H13ClN4O2. The molecule has 0 saturated heterocycles.